The second-order valence-electron chi connectivity index (χ2n) is 5.17. The molecular formula is C13H21N5O. The number of nitrogens with zero attached hydrogens (tertiary/aromatic N) is 4. The number of amides is 1. The molecular weight excluding hydrogens is 242 g/mol. The van der Waals surface area contributed by atoms with Crippen LogP contribution >= 0.6 is 0 Å². The first-order chi connectivity index (χ1) is 9.01. The van der Waals surface area contributed by atoms with E-state index in [9.17, 15) is 4.79 Å². The van der Waals surface area contributed by atoms with Gasteiger partial charge in [0.25, 0.3) is 5.82 Å². The summed E-state index contributed by atoms with van der Waals surface area (Å²) in [5.74, 6) is 0.673. The van der Waals surface area contributed by atoms with Crippen LogP contribution in [0.2, 0.25) is 0 Å². The van der Waals surface area contributed by atoms with Gasteiger partial charge in [-0.05, 0) is 19.3 Å². The Hall–Kier alpha value is -1.90. The molecule has 1 aromatic heterocycles. The molecule has 1 N–H and O–H groups in total. The Labute approximate surface area is 113 Å². The van der Waals surface area contributed by atoms with Crippen LogP contribution in [0.1, 0.15) is 45.9 Å². The summed E-state index contributed by atoms with van der Waals surface area (Å²) in [7, 11) is 0. The molecule has 0 fully saturated rings. The van der Waals surface area contributed by atoms with Gasteiger partial charge in [0.15, 0.2) is 0 Å². The lowest BCUT2D eigenvalue weighted by molar-refractivity contribution is -0.122. The fraction of sp³-hybridized carbons (Fsp3) is 0.692. The first-order valence-corrected chi connectivity index (χ1v) is 6.60. The predicted molar refractivity (Wildman–Crippen MR) is 71.0 cm³/mol. The third-order valence-electron chi connectivity index (χ3n) is 2.77. The number of aromatic nitrogens is 3. The summed E-state index contributed by atoms with van der Waals surface area (Å²) in [6.07, 6.45) is 4.65. The summed E-state index contributed by atoms with van der Waals surface area (Å²) in [6.45, 7) is 6.49. The maximum Gasteiger partial charge on any atom is 0.252 e. The standard InChI is InChI=1S/C13H21N5O/c1-10(2)5-4-6-11(3)16-13(19)8-18-9-15-12(7-14)17-18/h9-11H,4-6,8H2,1-3H3,(H,16,19)/t11-/m0/s1. The van der Waals surface area contributed by atoms with Gasteiger partial charge < -0.3 is 5.32 Å². The van der Waals surface area contributed by atoms with Crippen LogP contribution < -0.4 is 5.32 Å². The zero-order valence-electron chi connectivity index (χ0n) is 11.8. The van der Waals surface area contributed by atoms with E-state index in [0.717, 1.165) is 12.8 Å². The summed E-state index contributed by atoms with van der Waals surface area (Å²) in [5, 5.41) is 15.3. The van der Waals surface area contributed by atoms with Crippen molar-refractivity contribution in [2.45, 2.75) is 52.6 Å². The largest absolute Gasteiger partial charge is 0.352 e. The third-order valence-corrected chi connectivity index (χ3v) is 2.77. The number of carbonyl (C=O) groups is 1. The molecule has 1 heterocycles. The van der Waals surface area contributed by atoms with Gasteiger partial charge in [0.05, 0.1) is 0 Å². The third kappa shape index (κ3) is 6.00. The lowest BCUT2D eigenvalue weighted by atomic mass is 10.0. The molecule has 0 aromatic carbocycles. The van der Waals surface area contributed by atoms with Crippen molar-refractivity contribution in [1.29, 1.82) is 5.26 Å². The fourth-order valence-corrected chi connectivity index (χ4v) is 1.79. The molecule has 104 valence electrons. The van der Waals surface area contributed by atoms with Crippen LogP contribution in [0.3, 0.4) is 0 Å². The second-order valence-corrected chi connectivity index (χ2v) is 5.17. The molecule has 19 heavy (non-hydrogen) atoms. The SMILES string of the molecule is CC(C)CCC[C@H](C)NC(=O)Cn1cnc(C#N)n1. The Bertz CT molecular complexity index is 446. The van der Waals surface area contributed by atoms with Crippen molar-refractivity contribution in [2.75, 3.05) is 0 Å². The molecule has 1 amide bonds. The highest BCUT2D eigenvalue weighted by Crippen LogP contribution is 2.08. The van der Waals surface area contributed by atoms with E-state index in [4.69, 9.17) is 5.26 Å². The van der Waals surface area contributed by atoms with Gasteiger partial charge in [0.2, 0.25) is 5.91 Å². The zero-order valence-corrected chi connectivity index (χ0v) is 11.8. The lowest BCUT2D eigenvalue weighted by Gasteiger charge is -2.14. The molecule has 6 nitrogen and oxygen atoms in total. The first kappa shape index (κ1) is 15.2. The quantitative estimate of drug-likeness (QED) is 0.807. The average molecular weight is 263 g/mol. The van der Waals surface area contributed by atoms with E-state index in [-0.39, 0.29) is 24.3 Å². The van der Waals surface area contributed by atoms with Gasteiger partial charge in [0, 0.05) is 6.04 Å². The van der Waals surface area contributed by atoms with E-state index in [1.54, 1.807) is 0 Å². The molecule has 0 aliphatic heterocycles. The van der Waals surface area contributed by atoms with Crippen molar-refractivity contribution >= 4 is 5.91 Å². The molecule has 0 saturated carbocycles. The van der Waals surface area contributed by atoms with Gasteiger partial charge in [-0.1, -0.05) is 26.7 Å². The highest BCUT2D eigenvalue weighted by Gasteiger charge is 2.09. The Morgan fingerprint density at radius 1 is 1.47 bits per heavy atom. The van der Waals surface area contributed by atoms with Crippen LogP contribution in [0.25, 0.3) is 0 Å². The number of hydrogen-bond acceptors (Lipinski definition) is 4. The minimum atomic E-state index is -0.105. The van der Waals surface area contributed by atoms with Crippen LogP contribution in [0.5, 0.6) is 0 Å². The molecule has 1 aromatic rings. The van der Waals surface area contributed by atoms with E-state index in [1.165, 1.54) is 17.4 Å². The number of rotatable bonds is 7. The summed E-state index contributed by atoms with van der Waals surface area (Å²) >= 11 is 0. The summed E-state index contributed by atoms with van der Waals surface area (Å²) in [5.41, 5.74) is 0. The molecule has 0 spiro atoms. The summed E-state index contributed by atoms with van der Waals surface area (Å²) < 4.78 is 1.37. The van der Waals surface area contributed by atoms with E-state index in [0.29, 0.717) is 5.92 Å². The number of nitrogens with one attached hydrogen (secondary N) is 1. The molecule has 6 heteroatoms. The maximum atomic E-state index is 11.7. The van der Waals surface area contributed by atoms with Crippen LogP contribution in [-0.4, -0.2) is 26.7 Å². The minimum Gasteiger partial charge on any atom is -0.352 e. The minimum absolute atomic E-state index is 0.0813. The van der Waals surface area contributed by atoms with Gasteiger partial charge >= 0.3 is 0 Å². The molecule has 0 bridgehead atoms. The molecule has 0 unspecified atom stereocenters. The van der Waals surface area contributed by atoms with Crippen molar-refractivity contribution in [3.05, 3.63) is 12.2 Å². The Kier molecular flexibility index (Phi) is 6.00. The van der Waals surface area contributed by atoms with E-state index >= 15 is 0 Å². The van der Waals surface area contributed by atoms with Gasteiger partial charge in [-0.2, -0.15) is 5.26 Å². The molecule has 1 atom stereocenters. The smallest absolute Gasteiger partial charge is 0.252 e. The van der Waals surface area contributed by atoms with E-state index in [1.807, 2.05) is 13.0 Å². The number of nitriles is 1. The van der Waals surface area contributed by atoms with Gasteiger partial charge in [-0.15, -0.1) is 5.10 Å². The molecule has 1 rings (SSSR count). The Morgan fingerprint density at radius 2 is 2.21 bits per heavy atom. The van der Waals surface area contributed by atoms with E-state index in [2.05, 4.69) is 29.2 Å². The van der Waals surface area contributed by atoms with Crippen molar-refractivity contribution < 1.29 is 4.79 Å². The lowest BCUT2D eigenvalue weighted by Crippen LogP contribution is -2.35. The number of hydrogen-bond donors (Lipinski definition) is 1. The van der Waals surface area contributed by atoms with Crippen molar-refractivity contribution in [3.63, 3.8) is 0 Å². The Morgan fingerprint density at radius 3 is 2.79 bits per heavy atom. The van der Waals surface area contributed by atoms with Crippen molar-refractivity contribution in [2.24, 2.45) is 5.92 Å². The second kappa shape index (κ2) is 7.52. The van der Waals surface area contributed by atoms with Crippen molar-refractivity contribution in [1.82, 2.24) is 20.1 Å². The van der Waals surface area contributed by atoms with Crippen LogP contribution in [0, 0.1) is 17.2 Å². The van der Waals surface area contributed by atoms with Crippen LogP contribution in [-0.2, 0) is 11.3 Å². The van der Waals surface area contributed by atoms with Gasteiger partial charge in [-0.3, -0.25) is 4.79 Å². The number of carbonyl (C=O) groups excluding carboxylic acids is 1. The zero-order chi connectivity index (χ0) is 14.3. The molecule has 0 radical (unpaired) electrons. The van der Waals surface area contributed by atoms with E-state index < -0.39 is 0 Å². The van der Waals surface area contributed by atoms with Gasteiger partial charge in [-0.25, -0.2) is 9.67 Å². The topological polar surface area (TPSA) is 83.6 Å². The monoisotopic (exact) mass is 263 g/mol. The Balaban J connectivity index is 2.28. The normalized spacial score (nSPS) is 12.2. The summed E-state index contributed by atoms with van der Waals surface area (Å²) in [4.78, 5) is 15.5. The fourth-order valence-electron chi connectivity index (χ4n) is 1.79. The van der Waals surface area contributed by atoms with Crippen LogP contribution in [0.15, 0.2) is 6.33 Å². The van der Waals surface area contributed by atoms with Crippen molar-refractivity contribution in [3.8, 4) is 6.07 Å². The van der Waals surface area contributed by atoms with Gasteiger partial charge in [0.1, 0.15) is 18.9 Å². The first-order valence-electron chi connectivity index (χ1n) is 6.60. The molecule has 0 aliphatic carbocycles. The van der Waals surface area contributed by atoms with Crippen LogP contribution in [0.4, 0.5) is 0 Å². The molecule has 0 saturated heterocycles. The highest BCUT2D eigenvalue weighted by atomic mass is 16.2. The average Bonchev–Trinajstić information content (AvgIpc) is 2.75. The highest BCUT2D eigenvalue weighted by molar-refractivity contribution is 5.75. The molecule has 0 aliphatic rings. The maximum absolute atomic E-state index is 11.7. The predicted octanol–water partition coefficient (Wildman–Crippen LogP) is 1.48. The summed E-state index contributed by atoms with van der Waals surface area (Å²) in [6, 6.07) is 1.98.